The molecule has 2 aromatic carbocycles. The first-order chi connectivity index (χ1) is 10.9. The number of benzene rings is 2. The Morgan fingerprint density at radius 2 is 1.96 bits per heavy atom. The van der Waals surface area contributed by atoms with Crippen LogP contribution >= 0.6 is 39.1 Å². The van der Waals surface area contributed by atoms with Crippen LogP contribution in [0.4, 0.5) is 5.69 Å². The van der Waals surface area contributed by atoms with Crippen LogP contribution in [0, 0.1) is 6.92 Å². The zero-order valence-corrected chi connectivity index (χ0v) is 15.1. The third-order valence-corrected chi connectivity index (χ3v) is 4.38. The minimum absolute atomic E-state index is 0.0980. The predicted molar refractivity (Wildman–Crippen MR) is 94.3 cm³/mol. The summed E-state index contributed by atoms with van der Waals surface area (Å²) >= 11 is 15.1. The van der Waals surface area contributed by atoms with Gasteiger partial charge in [0.15, 0.2) is 6.61 Å². The molecule has 0 aromatic heterocycles. The predicted octanol–water partition coefficient (Wildman–Crippen LogP) is 4.86. The van der Waals surface area contributed by atoms with Gasteiger partial charge in [-0.05, 0) is 52.7 Å². The Balaban J connectivity index is 1.96. The van der Waals surface area contributed by atoms with Gasteiger partial charge in [0.1, 0.15) is 0 Å². The lowest BCUT2D eigenvalue weighted by atomic mass is 10.2. The van der Waals surface area contributed by atoms with E-state index < -0.39 is 18.5 Å². The number of hydrogen-bond acceptors (Lipinski definition) is 3. The van der Waals surface area contributed by atoms with Crippen LogP contribution < -0.4 is 5.32 Å². The Morgan fingerprint density at radius 3 is 2.65 bits per heavy atom. The number of esters is 1. The van der Waals surface area contributed by atoms with Gasteiger partial charge in [-0.1, -0.05) is 35.3 Å². The van der Waals surface area contributed by atoms with Crippen molar-refractivity contribution in [3.05, 3.63) is 62.0 Å². The molecule has 0 spiro atoms. The summed E-state index contributed by atoms with van der Waals surface area (Å²) in [7, 11) is 0. The number of amides is 1. The Labute approximate surface area is 151 Å². The van der Waals surface area contributed by atoms with Crippen LogP contribution in [-0.4, -0.2) is 18.5 Å². The van der Waals surface area contributed by atoms with Crippen molar-refractivity contribution in [3.63, 3.8) is 0 Å². The van der Waals surface area contributed by atoms with Crippen LogP contribution in [0.1, 0.15) is 15.9 Å². The normalized spacial score (nSPS) is 10.3. The van der Waals surface area contributed by atoms with E-state index in [4.69, 9.17) is 27.9 Å². The van der Waals surface area contributed by atoms with Crippen molar-refractivity contribution in [2.24, 2.45) is 0 Å². The summed E-state index contributed by atoms with van der Waals surface area (Å²) in [6.45, 7) is 1.51. The molecule has 0 aliphatic rings. The summed E-state index contributed by atoms with van der Waals surface area (Å²) in [5.41, 5.74) is 1.76. The van der Waals surface area contributed by atoms with Crippen molar-refractivity contribution in [3.8, 4) is 0 Å². The van der Waals surface area contributed by atoms with E-state index in [9.17, 15) is 9.59 Å². The zero-order valence-electron chi connectivity index (χ0n) is 12.0. The fraction of sp³-hybridized carbons (Fsp3) is 0.125. The maximum atomic E-state index is 11.9. The molecule has 0 aliphatic carbocycles. The van der Waals surface area contributed by atoms with E-state index in [2.05, 4.69) is 21.2 Å². The summed E-state index contributed by atoms with van der Waals surface area (Å²) < 4.78 is 5.70. The highest BCUT2D eigenvalue weighted by Gasteiger charge is 2.15. The van der Waals surface area contributed by atoms with Gasteiger partial charge in [-0.15, -0.1) is 0 Å². The fourth-order valence-corrected chi connectivity index (χ4v) is 2.75. The topological polar surface area (TPSA) is 55.4 Å². The maximum absolute atomic E-state index is 11.9. The first kappa shape index (κ1) is 17.8. The van der Waals surface area contributed by atoms with Gasteiger partial charge in [-0.25, -0.2) is 4.79 Å². The molecular weight excluding hydrogens is 405 g/mol. The molecule has 23 heavy (non-hydrogen) atoms. The fourth-order valence-electron chi connectivity index (χ4n) is 1.78. The molecule has 120 valence electrons. The highest BCUT2D eigenvalue weighted by molar-refractivity contribution is 9.10. The second-order valence-corrected chi connectivity index (χ2v) is 6.35. The summed E-state index contributed by atoms with van der Waals surface area (Å²) in [6.07, 6.45) is 0. The molecular formula is C16H12BrCl2NO3. The zero-order chi connectivity index (χ0) is 17.0. The lowest BCUT2D eigenvalue weighted by Gasteiger charge is -2.09. The van der Waals surface area contributed by atoms with Gasteiger partial charge in [-0.3, -0.25) is 4.79 Å². The van der Waals surface area contributed by atoms with Crippen molar-refractivity contribution in [1.29, 1.82) is 0 Å². The maximum Gasteiger partial charge on any atom is 0.340 e. The molecule has 1 amide bonds. The molecule has 0 unspecified atom stereocenters. The van der Waals surface area contributed by atoms with Gasteiger partial charge in [0.25, 0.3) is 5.91 Å². The Morgan fingerprint density at radius 1 is 1.22 bits per heavy atom. The van der Waals surface area contributed by atoms with Crippen LogP contribution in [0.5, 0.6) is 0 Å². The molecule has 7 heteroatoms. The SMILES string of the molecule is Cc1ccc(NC(=O)COC(=O)c2cccc(Cl)c2Cl)c(Br)c1. The van der Waals surface area contributed by atoms with Crippen molar-refractivity contribution >= 4 is 56.7 Å². The number of aryl methyl sites for hydroxylation is 1. The highest BCUT2D eigenvalue weighted by atomic mass is 79.9. The van der Waals surface area contributed by atoms with Crippen LogP contribution in [0.3, 0.4) is 0 Å². The average molecular weight is 417 g/mol. The molecule has 0 fully saturated rings. The molecule has 2 rings (SSSR count). The minimum atomic E-state index is -0.712. The van der Waals surface area contributed by atoms with Crippen molar-refractivity contribution < 1.29 is 14.3 Å². The quantitative estimate of drug-likeness (QED) is 0.724. The summed E-state index contributed by atoms with van der Waals surface area (Å²) in [5, 5.41) is 2.99. The molecule has 2 aromatic rings. The Kier molecular flexibility index (Phi) is 6.04. The molecule has 4 nitrogen and oxygen atoms in total. The van der Waals surface area contributed by atoms with Gasteiger partial charge < -0.3 is 10.1 Å². The van der Waals surface area contributed by atoms with Crippen LogP contribution in [-0.2, 0) is 9.53 Å². The number of carbonyl (C=O) groups excluding carboxylic acids is 2. The average Bonchev–Trinajstić information content (AvgIpc) is 2.50. The Hall–Kier alpha value is -1.56. The number of hydrogen-bond donors (Lipinski definition) is 1. The lowest BCUT2D eigenvalue weighted by molar-refractivity contribution is -0.119. The van der Waals surface area contributed by atoms with Gasteiger partial charge >= 0.3 is 5.97 Å². The summed E-state index contributed by atoms with van der Waals surface area (Å²) in [6, 6.07) is 10.1. The largest absolute Gasteiger partial charge is 0.452 e. The molecule has 0 heterocycles. The molecule has 0 radical (unpaired) electrons. The summed E-state index contributed by atoms with van der Waals surface area (Å²) in [5.74, 6) is -1.17. The third kappa shape index (κ3) is 4.70. The summed E-state index contributed by atoms with van der Waals surface area (Å²) in [4.78, 5) is 23.8. The molecule has 0 atom stereocenters. The van der Waals surface area contributed by atoms with Crippen LogP contribution in [0.2, 0.25) is 10.0 Å². The van der Waals surface area contributed by atoms with E-state index in [0.29, 0.717) is 5.69 Å². The molecule has 1 N–H and O–H groups in total. The Bertz CT molecular complexity index is 765. The third-order valence-electron chi connectivity index (χ3n) is 2.90. The second kappa shape index (κ2) is 7.81. The standard InChI is InChI=1S/C16H12BrCl2NO3/c1-9-5-6-13(11(17)7-9)20-14(21)8-23-16(22)10-3-2-4-12(18)15(10)19/h2-7H,8H2,1H3,(H,20,21). The monoisotopic (exact) mass is 415 g/mol. The number of nitrogens with one attached hydrogen (secondary N) is 1. The number of rotatable bonds is 4. The number of ether oxygens (including phenoxy) is 1. The molecule has 0 aliphatic heterocycles. The van der Waals surface area contributed by atoms with E-state index in [0.717, 1.165) is 10.0 Å². The van der Waals surface area contributed by atoms with E-state index in [-0.39, 0.29) is 15.6 Å². The molecule has 0 saturated carbocycles. The van der Waals surface area contributed by atoms with Crippen LogP contribution in [0.25, 0.3) is 0 Å². The lowest BCUT2D eigenvalue weighted by Crippen LogP contribution is -2.21. The van der Waals surface area contributed by atoms with Crippen molar-refractivity contribution in [2.75, 3.05) is 11.9 Å². The first-order valence-electron chi connectivity index (χ1n) is 6.55. The highest BCUT2D eigenvalue weighted by Crippen LogP contribution is 2.26. The number of anilines is 1. The number of halogens is 3. The first-order valence-corrected chi connectivity index (χ1v) is 8.10. The van der Waals surface area contributed by atoms with E-state index in [1.165, 1.54) is 6.07 Å². The van der Waals surface area contributed by atoms with Crippen molar-refractivity contribution in [2.45, 2.75) is 6.92 Å². The molecule has 0 bridgehead atoms. The van der Waals surface area contributed by atoms with Gasteiger partial charge in [-0.2, -0.15) is 0 Å². The van der Waals surface area contributed by atoms with E-state index >= 15 is 0 Å². The van der Waals surface area contributed by atoms with E-state index in [1.807, 2.05) is 19.1 Å². The smallest absolute Gasteiger partial charge is 0.340 e. The van der Waals surface area contributed by atoms with Crippen molar-refractivity contribution in [1.82, 2.24) is 0 Å². The molecule has 0 saturated heterocycles. The van der Waals surface area contributed by atoms with Crippen LogP contribution in [0.15, 0.2) is 40.9 Å². The number of carbonyl (C=O) groups is 2. The van der Waals surface area contributed by atoms with Gasteiger partial charge in [0.2, 0.25) is 0 Å². The van der Waals surface area contributed by atoms with E-state index in [1.54, 1.807) is 18.2 Å². The minimum Gasteiger partial charge on any atom is -0.452 e. The van der Waals surface area contributed by atoms with Gasteiger partial charge in [0, 0.05) is 4.47 Å². The second-order valence-electron chi connectivity index (χ2n) is 4.71. The van der Waals surface area contributed by atoms with Gasteiger partial charge in [0.05, 0.1) is 21.3 Å².